The Bertz CT molecular complexity index is 765. The standard InChI is InChI=1S/C19H23N3O3.HI/c1-13(2)14-4-3-5-15(10-14)22-19(20)21-8-9-23-16-6-7-17-18(11-16)25-12-24-17;/h3-7,10-11,13H,8-9,12H2,1-2H3,(H3,20,21,22);1H. The molecule has 0 radical (unpaired) electrons. The minimum Gasteiger partial charge on any atom is -0.492 e. The third-order valence-corrected chi connectivity index (χ3v) is 3.81. The number of guanidine groups is 1. The lowest BCUT2D eigenvalue weighted by molar-refractivity contribution is 0.174. The number of nitrogens with one attached hydrogen (secondary N) is 1. The van der Waals surface area contributed by atoms with Crippen LogP contribution in [0.3, 0.4) is 0 Å². The second-order valence-electron chi connectivity index (χ2n) is 6.04. The molecule has 0 atom stereocenters. The van der Waals surface area contributed by atoms with Crippen LogP contribution >= 0.6 is 24.0 Å². The van der Waals surface area contributed by atoms with Crippen LogP contribution < -0.4 is 25.3 Å². The summed E-state index contributed by atoms with van der Waals surface area (Å²) in [6, 6.07) is 13.6. The zero-order valence-electron chi connectivity index (χ0n) is 14.9. The van der Waals surface area contributed by atoms with Crippen LogP contribution in [0.5, 0.6) is 17.2 Å². The molecule has 0 unspecified atom stereocenters. The average Bonchev–Trinajstić information content (AvgIpc) is 3.06. The maximum Gasteiger partial charge on any atom is 0.231 e. The van der Waals surface area contributed by atoms with Crippen LogP contribution in [0.25, 0.3) is 0 Å². The Morgan fingerprint density at radius 2 is 2.00 bits per heavy atom. The number of rotatable bonds is 6. The summed E-state index contributed by atoms with van der Waals surface area (Å²) in [6.45, 7) is 5.45. The first-order chi connectivity index (χ1) is 12.1. The van der Waals surface area contributed by atoms with E-state index >= 15 is 0 Å². The van der Waals surface area contributed by atoms with Crippen LogP contribution in [-0.4, -0.2) is 25.9 Å². The molecule has 26 heavy (non-hydrogen) atoms. The van der Waals surface area contributed by atoms with Crippen molar-refractivity contribution in [2.24, 2.45) is 10.7 Å². The monoisotopic (exact) mass is 469 g/mol. The molecule has 2 aromatic rings. The van der Waals surface area contributed by atoms with E-state index in [0.717, 1.165) is 17.2 Å². The molecule has 3 N–H and O–H groups in total. The van der Waals surface area contributed by atoms with E-state index in [4.69, 9.17) is 19.9 Å². The maximum absolute atomic E-state index is 5.93. The third-order valence-electron chi connectivity index (χ3n) is 3.81. The summed E-state index contributed by atoms with van der Waals surface area (Å²) in [6.07, 6.45) is 0. The lowest BCUT2D eigenvalue weighted by Crippen LogP contribution is -2.23. The summed E-state index contributed by atoms with van der Waals surface area (Å²) in [5, 5.41) is 3.11. The number of hydrogen-bond donors (Lipinski definition) is 2. The normalized spacial score (nSPS) is 12.7. The number of fused-ring (bicyclic) bond motifs is 1. The summed E-state index contributed by atoms with van der Waals surface area (Å²) in [4.78, 5) is 4.28. The second kappa shape index (κ2) is 9.51. The molecule has 1 heterocycles. The van der Waals surface area contributed by atoms with Crippen molar-refractivity contribution in [1.82, 2.24) is 0 Å². The van der Waals surface area contributed by atoms with Gasteiger partial charge in [0.1, 0.15) is 12.4 Å². The Morgan fingerprint density at radius 1 is 1.19 bits per heavy atom. The van der Waals surface area contributed by atoms with Gasteiger partial charge in [0, 0.05) is 11.8 Å². The highest BCUT2D eigenvalue weighted by Gasteiger charge is 2.13. The van der Waals surface area contributed by atoms with Crippen molar-refractivity contribution >= 4 is 35.6 Å². The molecule has 0 saturated heterocycles. The molecule has 0 bridgehead atoms. The lowest BCUT2D eigenvalue weighted by atomic mass is 10.0. The maximum atomic E-state index is 5.93. The number of nitrogens with two attached hydrogens (primary N) is 1. The van der Waals surface area contributed by atoms with Crippen molar-refractivity contribution in [3.05, 3.63) is 48.0 Å². The van der Waals surface area contributed by atoms with Gasteiger partial charge in [0.15, 0.2) is 17.5 Å². The van der Waals surface area contributed by atoms with Gasteiger partial charge in [0.05, 0.1) is 6.54 Å². The van der Waals surface area contributed by atoms with Gasteiger partial charge < -0.3 is 25.3 Å². The van der Waals surface area contributed by atoms with Crippen LogP contribution in [0.15, 0.2) is 47.5 Å². The van der Waals surface area contributed by atoms with Crippen molar-refractivity contribution in [2.75, 3.05) is 25.3 Å². The largest absolute Gasteiger partial charge is 0.492 e. The quantitative estimate of drug-likeness (QED) is 0.290. The molecular weight excluding hydrogens is 445 g/mol. The minimum absolute atomic E-state index is 0. The van der Waals surface area contributed by atoms with E-state index < -0.39 is 0 Å². The molecule has 0 saturated carbocycles. The highest BCUT2D eigenvalue weighted by Crippen LogP contribution is 2.34. The predicted molar refractivity (Wildman–Crippen MR) is 114 cm³/mol. The van der Waals surface area contributed by atoms with E-state index in [0.29, 0.717) is 30.8 Å². The van der Waals surface area contributed by atoms with Crippen LogP contribution in [-0.2, 0) is 0 Å². The van der Waals surface area contributed by atoms with Gasteiger partial charge in [-0.05, 0) is 35.7 Å². The molecule has 0 aromatic heterocycles. The van der Waals surface area contributed by atoms with Crippen LogP contribution in [0.4, 0.5) is 5.69 Å². The first kappa shape index (κ1) is 20.2. The number of benzene rings is 2. The number of anilines is 1. The first-order valence-electron chi connectivity index (χ1n) is 8.31. The van der Waals surface area contributed by atoms with Gasteiger partial charge in [-0.15, -0.1) is 24.0 Å². The highest BCUT2D eigenvalue weighted by molar-refractivity contribution is 14.0. The lowest BCUT2D eigenvalue weighted by Gasteiger charge is -2.10. The number of hydrogen-bond acceptors (Lipinski definition) is 4. The molecule has 1 aliphatic rings. The van der Waals surface area contributed by atoms with E-state index in [2.05, 4.69) is 36.3 Å². The highest BCUT2D eigenvalue weighted by atomic mass is 127. The minimum atomic E-state index is 0. The predicted octanol–water partition coefficient (Wildman–Crippen LogP) is 3.96. The average molecular weight is 469 g/mol. The Hall–Kier alpha value is -2.16. The van der Waals surface area contributed by atoms with E-state index in [1.807, 2.05) is 30.3 Å². The smallest absolute Gasteiger partial charge is 0.231 e. The number of ether oxygens (including phenoxy) is 3. The fourth-order valence-electron chi connectivity index (χ4n) is 2.46. The van der Waals surface area contributed by atoms with Gasteiger partial charge in [-0.25, -0.2) is 4.99 Å². The van der Waals surface area contributed by atoms with E-state index in [1.54, 1.807) is 0 Å². The second-order valence-corrected chi connectivity index (χ2v) is 6.04. The van der Waals surface area contributed by atoms with E-state index in [9.17, 15) is 0 Å². The SMILES string of the molecule is CC(C)c1cccc(NC(N)=NCCOc2ccc3c(c2)OCO3)c1.I. The molecule has 0 fully saturated rings. The molecule has 2 aromatic carbocycles. The van der Waals surface area contributed by atoms with Crippen LogP contribution in [0.1, 0.15) is 25.3 Å². The number of nitrogens with zero attached hydrogens (tertiary/aromatic N) is 1. The van der Waals surface area contributed by atoms with Gasteiger partial charge in [-0.1, -0.05) is 26.0 Å². The number of halogens is 1. The molecule has 140 valence electrons. The first-order valence-corrected chi connectivity index (χ1v) is 8.31. The Labute approximate surface area is 170 Å². The summed E-state index contributed by atoms with van der Waals surface area (Å²) in [5.74, 6) is 3.00. The van der Waals surface area contributed by atoms with Crippen LogP contribution in [0.2, 0.25) is 0 Å². The zero-order chi connectivity index (χ0) is 17.6. The van der Waals surface area contributed by atoms with Crippen molar-refractivity contribution in [2.45, 2.75) is 19.8 Å². The zero-order valence-corrected chi connectivity index (χ0v) is 17.2. The van der Waals surface area contributed by atoms with Gasteiger partial charge >= 0.3 is 0 Å². The van der Waals surface area contributed by atoms with Gasteiger partial charge in [0.2, 0.25) is 6.79 Å². The molecular formula is C19H24IN3O3. The number of aliphatic imine (C=N–C) groups is 1. The summed E-state index contributed by atoms with van der Waals surface area (Å²) < 4.78 is 16.2. The molecule has 0 amide bonds. The molecule has 1 aliphatic heterocycles. The molecule has 0 aliphatic carbocycles. The van der Waals surface area contributed by atoms with Crippen LogP contribution in [0, 0.1) is 0 Å². The van der Waals surface area contributed by atoms with Crippen molar-refractivity contribution in [1.29, 1.82) is 0 Å². The Morgan fingerprint density at radius 3 is 2.81 bits per heavy atom. The van der Waals surface area contributed by atoms with E-state index in [-0.39, 0.29) is 30.8 Å². The topological polar surface area (TPSA) is 78.1 Å². The van der Waals surface area contributed by atoms with Crippen molar-refractivity contribution in [3.63, 3.8) is 0 Å². The molecule has 3 rings (SSSR count). The third kappa shape index (κ3) is 5.42. The summed E-state index contributed by atoms with van der Waals surface area (Å²) >= 11 is 0. The molecule has 0 spiro atoms. The summed E-state index contributed by atoms with van der Waals surface area (Å²) in [7, 11) is 0. The van der Waals surface area contributed by atoms with Gasteiger partial charge in [0.25, 0.3) is 0 Å². The van der Waals surface area contributed by atoms with Gasteiger partial charge in [-0.3, -0.25) is 0 Å². The van der Waals surface area contributed by atoms with Gasteiger partial charge in [-0.2, -0.15) is 0 Å². The molecule has 7 heteroatoms. The van der Waals surface area contributed by atoms with Crippen molar-refractivity contribution in [3.8, 4) is 17.2 Å². The summed E-state index contributed by atoms with van der Waals surface area (Å²) in [5.41, 5.74) is 8.12. The molecule has 6 nitrogen and oxygen atoms in total. The van der Waals surface area contributed by atoms with E-state index in [1.165, 1.54) is 5.56 Å². The van der Waals surface area contributed by atoms with Crippen molar-refractivity contribution < 1.29 is 14.2 Å². The fourth-order valence-corrected chi connectivity index (χ4v) is 2.46. The Balaban J connectivity index is 0.00000243. The fraction of sp³-hybridized carbons (Fsp3) is 0.316. The Kier molecular flexibility index (Phi) is 7.38.